The number of aryl methyl sites for hydroxylation is 1. The third-order valence-corrected chi connectivity index (χ3v) is 2.93. The maximum atomic E-state index is 4.93. The lowest BCUT2D eigenvalue weighted by molar-refractivity contribution is 0.981. The normalized spacial score (nSPS) is 10.8. The van der Waals surface area contributed by atoms with Gasteiger partial charge in [0.2, 0.25) is 0 Å². The molecule has 1 aromatic heterocycles. The molecule has 0 saturated carbocycles. The van der Waals surface area contributed by atoms with Crippen LogP contribution < -0.4 is 10.7 Å². The van der Waals surface area contributed by atoms with Crippen LogP contribution in [-0.4, -0.2) is 23.4 Å². The Balaban J connectivity index is 2.34. The topological polar surface area (TPSA) is 49.3 Å². The third-order valence-electron chi connectivity index (χ3n) is 2.63. The number of benzene rings is 1. The summed E-state index contributed by atoms with van der Waals surface area (Å²) in [5.74, 6) is 0. The molecule has 2 N–H and O–H groups in total. The molecule has 0 aliphatic rings. The first-order valence-corrected chi connectivity index (χ1v) is 5.98. The van der Waals surface area contributed by atoms with Crippen LogP contribution in [0.1, 0.15) is 11.3 Å². The van der Waals surface area contributed by atoms with Crippen LogP contribution in [-0.2, 0) is 0 Å². The molecule has 0 saturated heterocycles. The Bertz CT molecular complexity index is 607. The molecule has 2 rings (SSSR count). The summed E-state index contributed by atoms with van der Waals surface area (Å²) in [6.45, 7) is 2.08. The van der Waals surface area contributed by atoms with Gasteiger partial charge in [0.25, 0.3) is 0 Å². The minimum absolute atomic E-state index is 0.475. The zero-order valence-corrected chi connectivity index (χ0v) is 11.1. The smallest absolute Gasteiger partial charge is 0.186 e. The van der Waals surface area contributed by atoms with Gasteiger partial charge in [0.05, 0.1) is 11.9 Å². The molecule has 92 valence electrons. The quantitative estimate of drug-likeness (QED) is 0.491. The summed E-state index contributed by atoms with van der Waals surface area (Å²) in [6.07, 6.45) is 3.46. The summed E-state index contributed by atoms with van der Waals surface area (Å²) in [5.41, 5.74) is 4.76. The minimum atomic E-state index is 0.475. The van der Waals surface area contributed by atoms with E-state index in [0.29, 0.717) is 5.11 Å². The molecule has 1 heterocycles. The van der Waals surface area contributed by atoms with Crippen LogP contribution in [0, 0.1) is 6.92 Å². The standard InChI is InChI=1S/C13H14N4S/c1-9-4-3-5-11-10(9)6-7-15-12(11)8-16-17-13(18)14-2/h3-8H,1-2H3,(H2,14,17,18)/b16-8-. The number of nitrogens with one attached hydrogen (secondary N) is 2. The van der Waals surface area contributed by atoms with Crippen molar-refractivity contribution >= 4 is 34.3 Å². The second kappa shape index (κ2) is 5.55. The molecule has 0 unspecified atom stereocenters. The summed E-state index contributed by atoms with van der Waals surface area (Å²) in [5, 5.41) is 9.58. The van der Waals surface area contributed by atoms with Gasteiger partial charge >= 0.3 is 0 Å². The van der Waals surface area contributed by atoms with Crippen LogP contribution >= 0.6 is 12.2 Å². The zero-order chi connectivity index (χ0) is 13.0. The minimum Gasteiger partial charge on any atom is -0.364 e. The van der Waals surface area contributed by atoms with Crippen molar-refractivity contribution in [1.29, 1.82) is 0 Å². The van der Waals surface area contributed by atoms with Crippen molar-refractivity contribution in [2.45, 2.75) is 6.92 Å². The predicted molar refractivity (Wildman–Crippen MR) is 78.9 cm³/mol. The molecular formula is C13H14N4S. The Morgan fingerprint density at radius 3 is 2.94 bits per heavy atom. The van der Waals surface area contributed by atoms with Gasteiger partial charge in [-0.1, -0.05) is 18.2 Å². The second-order valence-corrected chi connectivity index (χ2v) is 4.22. The summed E-state index contributed by atoms with van der Waals surface area (Å²) < 4.78 is 0. The van der Waals surface area contributed by atoms with Gasteiger partial charge < -0.3 is 5.32 Å². The molecule has 0 spiro atoms. The van der Waals surface area contributed by atoms with Crippen LogP contribution in [0.25, 0.3) is 10.8 Å². The van der Waals surface area contributed by atoms with Crippen molar-refractivity contribution in [3.63, 3.8) is 0 Å². The fourth-order valence-corrected chi connectivity index (χ4v) is 1.75. The number of pyridine rings is 1. The van der Waals surface area contributed by atoms with E-state index >= 15 is 0 Å². The first kappa shape index (κ1) is 12.4. The van der Waals surface area contributed by atoms with Crippen LogP contribution in [0.15, 0.2) is 35.6 Å². The van der Waals surface area contributed by atoms with Crippen LogP contribution in [0.3, 0.4) is 0 Å². The molecule has 1 aromatic carbocycles. The highest BCUT2D eigenvalue weighted by molar-refractivity contribution is 7.80. The number of aromatic nitrogens is 1. The van der Waals surface area contributed by atoms with Crippen molar-refractivity contribution in [3.8, 4) is 0 Å². The van der Waals surface area contributed by atoms with Gasteiger partial charge in [0, 0.05) is 18.6 Å². The van der Waals surface area contributed by atoms with Crippen molar-refractivity contribution in [2.24, 2.45) is 5.10 Å². The van der Waals surface area contributed by atoms with Crippen LogP contribution in [0.4, 0.5) is 0 Å². The van der Waals surface area contributed by atoms with Crippen molar-refractivity contribution in [1.82, 2.24) is 15.7 Å². The summed E-state index contributed by atoms with van der Waals surface area (Å²) in [4.78, 5) is 4.32. The molecule has 0 atom stereocenters. The summed E-state index contributed by atoms with van der Waals surface area (Å²) in [7, 11) is 1.74. The largest absolute Gasteiger partial charge is 0.364 e. The van der Waals surface area contributed by atoms with E-state index < -0.39 is 0 Å². The first-order valence-electron chi connectivity index (χ1n) is 5.57. The first-order chi connectivity index (χ1) is 8.72. The molecule has 2 aromatic rings. The lowest BCUT2D eigenvalue weighted by atomic mass is 10.1. The Morgan fingerprint density at radius 1 is 1.33 bits per heavy atom. The van der Waals surface area contributed by atoms with Crippen LogP contribution in [0.5, 0.6) is 0 Å². The number of hydrogen-bond donors (Lipinski definition) is 2. The number of thiocarbonyl (C=S) groups is 1. The summed E-state index contributed by atoms with van der Waals surface area (Å²) in [6, 6.07) is 8.14. The van der Waals surface area contributed by atoms with E-state index in [9.17, 15) is 0 Å². The molecule has 0 aliphatic carbocycles. The highest BCUT2D eigenvalue weighted by Crippen LogP contribution is 2.18. The Kier molecular flexibility index (Phi) is 3.84. The second-order valence-electron chi connectivity index (χ2n) is 3.82. The monoisotopic (exact) mass is 258 g/mol. The molecule has 0 aliphatic heterocycles. The number of fused-ring (bicyclic) bond motifs is 1. The Hall–Kier alpha value is -2.01. The van der Waals surface area contributed by atoms with Crippen LogP contribution in [0.2, 0.25) is 0 Å². The van der Waals surface area contributed by atoms with E-state index in [2.05, 4.69) is 33.8 Å². The number of hydrazone groups is 1. The molecule has 0 fully saturated rings. The molecule has 0 bridgehead atoms. The number of hydrogen-bond acceptors (Lipinski definition) is 3. The fourth-order valence-electron chi connectivity index (χ4n) is 1.70. The highest BCUT2D eigenvalue weighted by Gasteiger charge is 2.01. The van der Waals surface area contributed by atoms with E-state index in [4.69, 9.17) is 12.2 Å². The van der Waals surface area contributed by atoms with Crippen molar-refractivity contribution < 1.29 is 0 Å². The van der Waals surface area contributed by atoms with Gasteiger partial charge in [-0.05, 0) is 36.2 Å². The highest BCUT2D eigenvalue weighted by atomic mass is 32.1. The van der Waals surface area contributed by atoms with Gasteiger partial charge in [0.15, 0.2) is 5.11 Å². The predicted octanol–water partition coefficient (Wildman–Crippen LogP) is 1.97. The van der Waals surface area contributed by atoms with Crippen molar-refractivity contribution in [3.05, 3.63) is 41.7 Å². The van der Waals surface area contributed by atoms with E-state index in [1.807, 2.05) is 18.2 Å². The van der Waals surface area contributed by atoms with E-state index in [1.165, 1.54) is 10.9 Å². The van der Waals surface area contributed by atoms with E-state index in [-0.39, 0.29) is 0 Å². The molecule has 4 nitrogen and oxygen atoms in total. The lowest BCUT2D eigenvalue weighted by Gasteiger charge is -2.04. The summed E-state index contributed by atoms with van der Waals surface area (Å²) >= 11 is 4.93. The van der Waals surface area contributed by atoms with Gasteiger partial charge in [-0.25, -0.2) is 0 Å². The zero-order valence-electron chi connectivity index (χ0n) is 10.3. The lowest BCUT2D eigenvalue weighted by Crippen LogP contribution is -2.28. The van der Waals surface area contributed by atoms with Crippen molar-refractivity contribution in [2.75, 3.05) is 7.05 Å². The average Bonchev–Trinajstić information content (AvgIpc) is 2.39. The third kappa shape index (κ3) is 2.62. The van der Waals surface area contributed by atoms with E-state index in [1.54, 1.807) is 19.5 Å². The number of nitrogens with zero attached hydrogens (tertiary/aromatic N) is 2. The Labute approximate surface area is 111 Å². The van der Waals surface area contributed by atoms with Gasteiger partial charge in [-0.15, -0.1) is 0 Å². The maximum absolute atomic E-state index is 4.93. The average molecular weight is 258 g/mol. The number of rotatable bonds is 2. The van der Waals surface area contributed by atoms with Gasteiger partial charge in [-0.3, -0.25) is 10.4 Å². The SMILES string of the molecule is CNC(=S)N/N=C\c1nccc2c(C)cccc12. The molecule has 5 heteroatoms. The molecule has 0 amide bonds. The van der Waals surface area contributed by atoms with E-state index in [0.717, 1.165) is 11.1 Å². The van der Waals surface area contributed by atoms with Gasteiger partial charge in [-0.2, -0.15) is 5.10 Å². The molecular weight excluding hydrogens is 244 g/mol. The Morgan fingerprint density at radius 2 is 2.17 bits per heavy atom. The fraction of sp³-hybridized carbons (Fsp3) is 0.154. The maximum Gasteiger partial charge on any atom is 0.186 e. The molecule has 18 heavy (non-hydrogen) atoms. The molecule has 0 radical (unpaired) electrons. The van der Waals surface area contributed by atoms with Gasteiger partial charge in [0.1, 0.15) is 0 Å².